The number of aromatic amines is 1. The monoisotopic (exact) mass is 374 g/mol. The second-order valence-corrected chi connectivity index (χ2v) is 7.45. The van der Waals surface area contributed by atoms with Crippen LogP contribution in [0.5, 0.6) is 5.75 Å². The predicted octanol–water partition coefficient (Wildman–Crippen LogP) is 3.48. The van der Waals surface area contributed by atoms with Gasteiger partial charge < -0.3 is 9.64 Å². The van der Waals surface area contributed by atoms with Gasteiger partial charge in [0.15, 0.2) is 0 Å². The first kappa shape index (κ1) is 16.1. The number of ether oxygens (including phenoxy) is 1. The number of amides is 1. The minimum atomic E-state index is -0.0504. The number of carbonyl (C=O) groups is 1. The number of aromatic nitrogens is 3. The van der Waals surface area contributed by atoms with Crippen molar-refractivity contribution in [3.8, 4) is 16.3 Å². The molecule has 0 aliphatic carbocycles. The van der Waals surface area contributed by atoms with Crippen LogP contribution in [0.1, 0.15) is 16.8 Å². The lowest BCUT2D eigenvalue weighted by molar-refractivity contribution is 0.0773. The minimum absolute atomic E-state index is 0.0281. The van der Waals surface area contributed by atoms with E-state index >= 15 is 0 Å². The predicted molar refractivity (Wildman–Crippen MR) is 96.1 cm³/mol. The van der Waals surface area contributed by atoms with E-state index in [0.29, 0.717) is 28.7 Å². The van der Waals surface area contributed by atoms with Crippen molar-refractivity contribution in [3.63, 3.8) is 0 Å². The average molecular weight is 375 g/mol. The van der Waals surface area contributed by atoms with Gasteiger partial charge in [0.2, 0.25) is 0 Å². The number of rotatable bonds is 4. The Labute approximate surface area is 153 Å². The number of hydrogen-bond donors (Lipinski definition) is 1. The largest absolute Gasteiger partial charge is 0.487 e. The van der Waals surface area contributed by atoms with Crippen LogP contribution >= 0.6 is 22.9 Å². The van der Waals surface area contributed by atoms with Crippen molar-refractivity contribution in [1.82, 2.24) is 20.1 Å². The molecule has 0 saturated carbocycles. The zero-order chi connectivity index (χ0) is 17.2. The topological polar surface area (TPSA) is 71.1 Å². The Morgan fingerprint density at radius 2 is 2.28 bits per heavy atom. The Balaban J connectivity index is 1.47. The summed E-state index contributed by atoms with van der Waals surface area (Å²) in [5, 5.41) is 6.94. The Morgan fingerprint density at radius 3 is 3.04 bits per heavy atom. The molecule has 0 radical (unpaired) electrons. The normalized spacial score (nSPS) is 17.0. The van der Waals surface area contributed by atoms with Crippen molar-refractivity contribution in [2.45, 2.75) is 12.5 Å². The van der Waals surface area contributed by atoms with E-state index in [9.17, 15) is 4.79 Å². The third kappa shape index (κ3) is 3.38. The van der Waals surface area contributed by atoms with E-state index < -0.39 is 0 Å². The molecule has 25 heavy (non-hydrogen) atoms. The van der Waals surface area contributed by atoms with Crippen molar-refractivity contribution < 1.29 is 9.53 Å². The molecule has 1 unspecified atom stereocenters. The van der Waals surface area contributed by atoms with Crippen LogP contribution in [0.25, 0.3) is 10.6 Å². The number of likely N-dealkylation sites (tertiary alicyclic amines) is 1. The van der Waals surface area contributed by atoms with Crippen LogP contribution in [-0.2, 0) is 0 Å². The zero-order valence-electron chi connectivity index (χ0n) is 13.2. The van der Waals surface area contributed by atoms with Crippen molar-refractivity contribution in [3.05, 3.63) is 52.8 Å². The molecule has 128 valence electrons. The van der Waals surface area contributed by atoms with Crippen LogP contribution in [0.2, 0.25) is 4.34 Å². The molecular weight excluding hydrogens is 360 g/mol. The van der Waals surface area contributed by atoms with E-state index in [2.05, 4.69) is 15.2 Å². The third-order valence-corrected chi connectivity index (χ3v) is 5.31. The Kier molecular flexibility index (Phi) is 4.42. The van der Waals surface area contributed by atoms with Gasteiger partial charge in [-0.25, -0.2) is 0 Å². The number of nitrogens with one attached hydrogen (secondary N) is 1. The second kappa shape index (κ2) is 6.85. The molecule has 3 aromatic heterocycles. The van der Waals surface area contributed by atoms with Crippen LogP contribution in [-0.4, -0.2) is 45.2 Å². The number of thiophene rings is 1. The summed E-state index contributed by atoms with van der Waals surface area (Å²) in [6.07, 6.45) is 5.72. The third-order valence-electron chi connectivity index (χ3n) is 4.06. The molecule has 0 bridgehead atoms. The Hall–Kier alpha value is -2.38. The van der Waals surface area contributed by atoms with Crippen LogP contribution in [0.3, 0.4) is 0 Å². The molecule has 0 spiro atoms. The quantitative estimate of drug-likeness (QED) is 0.758. The van der Waals surface area contributed by atoms with Crippen molar-refractivity contribution in [2.24, 2.45) is 0 Å². The van der Waals surface area contributed by atoms with Crippen LogP contribution in [0, 0.1) is 0 Å². The summed E-state index contributed by atoms with van der Waals surface area (Å²) >= 11 is 7.41. The summed E-state index contributed by atoms with van der Waals surface area (Å²) in [5.41, 5.74) is 1.26. The lowest BCUT2D eigenvalue weighted by Crippen LogP contribution is -2.31. The van der Waals surface area contributed by atoms with Gasteiger partial charge in [-0.3, -0.25) is 14.9 Å². The molecule has 4 heterocycles. The van der Waals surface area contributed by atoms with Crippen molar-refractivity contribution in [1.29, 1.82) is 0 Å². The fourth-order valence-corrected chi connectivity index (χ4v) is 3.93. The van der Waals surface area contributed by atoms with Crippen LogP contribution < -0.4 is 4.74 Å². The summed E-state index contributed by atoms with van der Waals surface area (Å²) in [4.78, 5) is 19.6. The molecule has 1 N–H and O–H groups in total. The summed E-state index contributed by atoms with van der Waals surface area (Å²) in [7, 11) is 0. The van der Waals surface area contributed by atoms with E-state index in [1.54, 1.807) is 23.5 Å². The average Bonchev–Trinajstić information content (AvgIpc) is 3.35. The van der Waals surface area contributed by atoms with Crippen LogP contribution in [0.15, 0.2) is 42.9 Å². The van der Waals surface area contributed by atoms with Gasteiger partial charge in [0.25, 0.3) is 5.91 Å². The van der Waals surface area contributed by atoms with E-state index in [-0.39, 0.29) is 12.0 Å². The van der Waals surface area contributed by atoms with E-state index in [1.807, 2.05) is 24.3 Å². The SMILES string of the molecule is O=C(c1cn[nH]c1-c1ccc(Cl)s1)N1CCC(Oc2cccnc2)C1. The molecule has 4 rings (SSSR count). The molecule has 1 aliphatic heterocycles. The number of carbonyl (C=O) groups excluding carboxylic acids is 1. The molecule has 1 amide bonds. The van der Waals surface area contributed by atoms with Crippen molar-refractivity contribution in [2.75, 3.05) is 13.1 Å². The summed E-state index contributed by atoms with van der Waals surface area (Å²) in [6, 6.07) is 7.39. The lowest BCUT2D eigenvalue weighted by Gasteiger charge is -2.17. The first-order chi connectivity index (χ1) is 12.2. The molecule has 1 fully saturated rings. The Morgan fingerprint density at radius 1 is 1.36 bits per heavy atom. The standard InChI is InChI=1S/C17H15ClN4O2S/c18-15-4-3-14(25-15)16-13(9-20-21-16)17(23)22-7-5-12(10-22)24-11-2-1-6-19-8-11/h1-4,6,8-9,12H,5,7,10H2,(H,20,21). The highest BCUT2D eigenvalue weighted by Crippen LogP contribution is 2.32. The molecule has 0 aromatic carbocycles. The zero-order valence-corrected chi connectivity index (χ0v) is 14.8. The van der Waals surface area contributed by atoms with E-state index in [0.717, 1.165) is 17.0 Å². The smallest absolute Gasteiger partial charge is 0.257 e. The lowest BCUT2D eigenvalue weighted by atomic mass is 10.2. The van der Waals surface area contributed by atoms with Gasteiger partial charge in [0.1, 0.15) is 11.9 Å². The maximum atomic E-state index is 12.9. The van der Waals surface area contributed by atoms with Gasteiger partial charge in [-0.1, -0.05) is 11.6 Å². The Bertz CT molecular complexity index is 880. The molecule has 3 aromatic rings. The maximum absolute atomic E-state index is 12.9. The van der Waals surface area contributed by atoms with Gasteiger partial charge >= 0.3 is 0 Å². The summed E-state index contributed by atoms with van der Waals surface area (Å²) in [5.74, 6) is 0.671. The molecular formula is C17H15ClN4O2S. The summed E-state index contributed by atoms with van der Waals surface area (Å²) in [6.45, 7) is 1.20. The first-order valence-corrected chi connectivity index (χ1v) is 9.05. The highest BCUT2D eigenvalue weighted by Gasteiger charge is 2.30. The number of pyridine rings is 1. The first-order valence-electron chi connectivity index (χ1n) is 7.86. The highest BCUT2D eigenvalue weighted by atomic mass is 35.5. The van der Waals surface area contributed by atoms with Gasteiger partial charge in [0, 0.05) is 19.2 Å². The second-order valence-electron chi connectivity index (χ2n) is 5.73. The van der Waals surface area contributed by atoms with Gasteiger partial charge in [-0.05, 0) is 24.3 Å². The van der Waals surface area contributed by atoms with Crippen LogP contribution in [0.4, 0.5) is 0 Å². The number of hydrogen-bond acceptors (Lipinski definition) is 5. The number of H-pyrrole nitrogens is 1. The fraction of sp³-hybridized carbons (Fsp3) is 0.235. The fourth-order valence-electron chi connectivity index (χ4n) is 2.87. The van der Waals surface area contributed by atoms with Gasteiger partial charge in [-0.2, -0.15) is 5.10 Å². The molecule has 6 nitrogen and oxygen atoms in total. The van der Waals surface area contributed by atoms with Gasteiger partial charge in [-0.15, -0.1) is 11.3 Å². The highest BCUT2D eigenvalue weighted by molar-refractivity contribution is 7.19. The summed E-state index contributed by atoms with van der Waals surface area (Å²) < 4.78 is 6.57. The maximum Gasteiger partial charge on any atom is 0.257 e. The minimum Gasteiger partial charge on any atom is -0.487 e. The molecule has 1 atom stereocenters. The number of halogens is 1. The van der Waals surface area contributed by atoms with E-state index in [1.165, 1.54) is 11.3 Å². The van der Waals surface area contributed by atoms with Crippen molar-refractivity contribution >= 4 is 28.8 Å². The molecule has 1 aliphatic rings. The molecule has 1 saturated heterocycles. The number of nitrogens with zero attached hydrogens (tertiary/aromatic N) is 3. The molecule has 8 heteroatoms. The van der Waals surface area contributed by atoms with E-state index in [4.69, 9.17) is 16.3 Å². The van der Waals surface area contributed by atoms with Gasteiger partial charge in [0.05, 0.1) is 39.4 Å².